The van der Waals surface area contributed by atoms with Crippen molar-refractivity contribution in [1.82, 2.24) is 4.98 Å². The molecule has 0 saturated carbocycles. The van der Waals surface area contributed by atoms with Crippen LogP contribution < -0.4 is 0 Å². The van der Waals surface area contributed by atoms with Gasteiger partial charge in [0.25, 0.3) is 0 Å². The van der Waals surface area contributed by atoms with E-state index >= 15 is 0 Å². The van der Waals surface area contributed by atoms with E-state index in [2.05, 4.69) is 9.72 Å². The Balaban J connectivity index is 2.53. The number of carbonyl (C=O) groups is 1. The van der Waals surface area contributed by atoms with Gasteiger partial charge in [0.05, 0.1) is 12.0 Å². The van der Waals surface area contributed by atoms with Gasteiger partial charge in [-0.1, -0.05) is 18.2 Å². The number of H-pyrrole nitrogens is 1. The Bertz CT molecular complexity index is 882. The van der Waals surface area contributed by atoms with Gasteiger partial charge in [0.15, 0.2) is 15.6 Å². The minimum Gasteiger partial charge on any atom is -0.468 e. The second-order valence-corrected chi connectivity index (χ2v) is 8.21. The number of methoxy groups -OCH3 is 1. The molecule has 0 bridgehead atoms. The highest BCUT2D eigenvalue weighted by Gasteiger charge is 2.30. The topological polar surface area (TPSA) is 110 Å². The van der Waals surface area contributed by atoms with Gasteiger partial charge in [-0.3, -0.25) is 4.79 Å². The summed E-state index contributed by atoms with van der Waals surface area (Å²) < 4.78 is 53.7. The fraction of sp³-hybridized carbons (Fsp3) is 0.154. The number of hydrogen-bond acceptors (Lipinski definition) is 6. The van der Waals surface area contributed by atoms with Crippen LogP contribution in [-0.2, 0) is 29.2 Å². The Labute approximate surface area is 127 Å². The summed E-state index contributed by atoms with van der Waals surface area (Å²) in [6, 6.07) is 7.42. The number of esters is 1. The van der Waals surface area contributed by atoms with Crippen LogP contribution >= 0.6 is 0 Å². The zero-order chi connectivity index (χ0) is 16.4. The first kappa shape index (κ1) is 16.2. The lowest BCUT2D eigenvalue weighted by Gasteiger charge is -2.06. The predicted molar refractivity (Wildman–Crippen MR) is 76.8 cm³/mol. The third-order valence-electron chi connectivity index (χ3n) is 2.89. The van der Waals surface area contributed by atoms with Crippen molar-refractivity contribution < 1.29 is 26.4 Å². The summed E-state index contributed by atoms with van der Waals surface area (Å²) in [7, 11) is -7.10. The lowest BCUT2D eigenvalue weighted by Crippen LogP contribution is -2.18. The monoisotopic (exact) mass is 343 g/mol. The van der Waals surface area contributed by atoms with Crippen molar-refractivity contribution >= 4 is 25.6 Å². The summed E-state index contributed by atoms with van der Waals surface area (Å²) in [5.74, 6) is -1.90. The molecule has 7 nitrogen and oxygen atoms in total. The second-order valence-electron chi connectivity index (χ2n) is 4.34. The fourth-order valence-corrected chi connectivity index (χ4v) is 5.03. The summed E-state index contributed by atoms with van der Waals surface area (Å²) in [5.41, 5.74) is 0. The minimum atomic E-state index is -4.14. The van der Waals surface area contributed by atoms with E-state index in [1.54, 1.807) is 6.07 Å². The molecule has 0 atom stereocenters. The van der Waals surface area contributed by atoms with Crippen molar-refractivity contribution in [1.29, 1.82) is 0 Å². The van der Waals surface area contributed by atoms with Crippen LogP contribution in [0.15, 0.2) is 57.4 Å². The Morgan fingerprint density at radius 1 is 1.05 bits per heavy atom. The van der Waals surface area contributed by atoms with Gasteiger partial charge in [0.2, 0.25) is 9.84 Å². The maximum Gasteiger partial charge on any atom is 0.321 e. The average Bonchev–Trinajstić information content (AvgIpc) is 2.99. The molecule has 1 aromatic carbocycles. The molecule has 0 aliphatic carbocycles. The van der Waals surface area contributed by atoms with Gasteiger partial charge in [-0.25, -0.2) is 16.8 Å². The summed E-state index contributed by atoms with van der Waals surface area (Å²) >= 11 is 0. The number of ether oxygens (including phenoxy) is 1. The average molecular weight is 343 g/mol. The standard InChI is InChI=1S/C13H13NO6S2/c1-20-13(15)9-21(16,17)11-7-14-8-12(11)22(18,19)10-5-3-2-4-6-10/h2-8,14H,9H2,1H3. The normalized spacial score (nSPS) is 12.0. The van der Waals surface area contributed by atoms with E-state index in [0.717, 1.165) is 19.5 Å². The third kappa shape index (κ3) is 3.04. The number of rotatable bonds is 5. The molecule has 1 aromatic heterocycles. The molecule has 2 aromatic rings. The third-order valence-corrected chi connectivity index (χ3v) is 6.45. The molecule has 9 heteroatoms. The predicted octanol–water partition coefficient (Wildman–Crippen LogP) is 0.794. The molecule has 0 aliphatic rings. The lowest BCUT2D eigenvalue weighted by atomic mass is 10.4. The van der Waals surface area contributed by atoms with E-state index in [1.807, 2.05) is 0 Å². The Hall–Kier alpha value is -2.13. The second kappa shape index (κ2) is 5.93. The maximum absolute atomic E-state index is 12.5. The van der Waals surface area contributed by atoms with Gasteiger partial charge in [-0.2, -0.15) is 0 Å². The summed E-state index contributed by atoms with van der Waals surface area (Å²) in [6.45, 7) is 0. The van der Waals surface area contributed by atoms with E-state index in [0.29, 0.717) is 0 Å². The largest absolute Gasteiger partial charge is 0.468 e. The van der Waals surface area contributed by atoms with E-state index in [9.17, 15) is 21.6 Å². The molecule has 118 valence electrons. The van der Waals surface area contributed by atoms with Crippen molar-refractivity contribution in [3.8, 4) is 0 Å². The highest BCUT2D eigenvalue weighted by atomic mass is 32.2. The van der Waals surface area contributed by atoms with Gasteiger partial charge in [0, 0.05) is 12.4 Å². The van der Waals surface area contributed by atoms with E-state index in [1.165, 1.54) is 24.3 Å². The van der Waals surface area contributed by atoms with Crippen molar-refractivity contribution in [3.63, 3.8) is 0 Å². The number of sulfone groups is 2. The first-order chi connectivity index (χ1) is 10.3. The molecule has 22 heavy (non-hydrogen) atoms. The quantitative estimate of drug-likeness (QED) is 0.804. The van der Waals surface area contributed by atoms with Crippen LogP contribution in [0.5, 0.6) is 0 Å². The molecule has 2 rings (SSSR count). The lowest BCUT2D eigenvalue weighted by molar-refractivity contribution is -0.137. The highest BCUT2D eigenvalue weighted by molar-refractivity contribution is 7.95. The number of benzene rings is 1. The van der Waals surface area contributed by atoms with Gasteiger partial charge >= 0.3 is 5.97 Å². The van der Waals surface area contributed by atoms with Gasteiger partial charge in [0.1, 0.15) is 9.79 Å². The van der Waals surface area contributed by atoms with Crippen molar-refractivity contribution in [2.24, 2.45) is 0 Å². The van der Waals surface area contributed by atoms with Crippen molar-refractivity contribution in [3.05, 3.63) is 42.7 Å². The number of nitrogens with one attached hydrogen (secondary N) is 1. The Morgan fingerprint density at radius 3 is 2.23 bits per heavy atom. The van der Waals surface area contributed by atoms with Crippen LogP contribution in [0.3, 0.4) is 0 Å². The maximum atomic E-state index is 12.5. The molecular weight excluding hydrogens is 330 g/mol. The zero-order valence-corrected chi connectivity index (χ0v) is 13.1. The molecule has 0 saturated heterocycles. The van der Waals surface area contributed by atoms with Crippen LogP contribution in [0.2, 0.25) is 0 Å². The first-order valence-electron chi connectivity index (χ1n) is 6.05. The molecule has 0 radical (unpaired) electrons. The number of hydrogen-bond donors (Lipinski definition) is 1. The Morgan fingerprint density at radius 2 is 1.64 bits per heavy atom. The van der Waals surface area contributed by atoms with Crippen molar-refractivity contribution in [2.45, 2.75) is 14.7 Å². The molecule has 0 unspecified atom stereocenters. The van der Waals surface area contributed by atoms with Crippen LogP contribution in [-0.4, -0.2) is 40.7 Å². The SMILES string of the molecule is COC(=O)CS(=O)(=O)c1c[nH]cc1S(=O)(=O)c1ccccc1. The van der Waals surface area contributed by atoms with Gasteiger partial charge in [-0.05, 0) is 12.1 Å². The highest BCUT2D eigenvalue weighted by Crippen LogP contribution is 2.27. The smallest absolute Gasteiger partial charge is 0.321 e. The summed E-state index contributed by atoms with van der Waals surface area (Å²) in [4.78, 5) is 12.8. The molecule has 0 aliphatic heterocycles. The van der Waals surface area contributed by atoms with Gasteiger partial charge in [-0.15, -0.1) is 0 Å². The molecule has 1 N–H and O–H groups in total. The molecular formula is C13H13NO6S2. The van der Waals surface area contributed by atoms with Crippen molar-refractivity contribution in [2.75, 3.05) is 12.9 Å². The minimum absolute atomic E-state index is 0.0379. The Kier molecular flexibility index (Phi) is 4.38. The van der Waals surface area contributed by atoms with Gasteiger partial charge < -0.3 is 9.72 Å². The van der Waals surface area contributed by atoms with Crippen LogP contribution in [0.1, 0.15) is 0 Å². The summed E-state index contributed by atoms with van der Waals surface area (Å²) in [6.07, 6.45) is 2.11. The van der Waals surface area contributed by atoms with E-state index in [4.69, 9.17) is 0 Å². The molecule has 0 spiro atoms. The van der Waals surface area contributed by atoms with Crippen LogP contribution in [0.25, 0.3) is 0 Å². The van der Waals surface area contributed by atoms with Crippen LogP contribution in [0, 0.1) is 0 Å². The molecule has 0 amide bonds. The first-order valence-corrected chi connectivity index (χ1v) is 9.19. The molecule has 0 fully saturated rings. The number of carbonyl (C=O) groups excluding carboxylic acids is 1. The fourth-order valence-electron chi connectivity index (χ4n) is 1.81. The van der Waals surface area contributed by atoms with Crippen LogP contribution in [0.4, 0.5) is 0 Å². The number of aromatic nitrogens is 1. The molecule has 1 heterocycles. The zero-order valence-electron chi connectivity index (χ0n) is 11.5. The summed E-state index contributed by atoms with van der Waals surface area (Å²) in [5, 5.41) is 0. The van der Waals surface area contributed by atoms with E-state index in [-0.39, 0.29) is 4.90 Å². The van der Waals surface area contributed by atoms with E-state index < -0.39 is 41.2 Å². The number of aromatic amines is 1.